The second-order valence-electron chi connectivity index (χ2n) is 11.9. The summed E-state index contributed by atoms with van der Waals surface area (Å²) in [5.74, 6) is -5.55. The number of carboxylic acid groups (broad SMARTS) is 1. The number of amides is 5. The molecule has 0 saturated carbocycles. The lowest BCUT2D eigenvalue weighted by molar-refractivity contribution is -0.203. The molecular formula is C30H46N6O11. The van der Waals surface area contributed by atoms with Crippen LogP contribution in [-0.4, -0.2) is 117 Å². The maximum absolute atomic E-state index is 13.6. The molecule has 0 unspecified atom stereocenters. The average Bonchev–Trinajstić information content (AvgIpc) is 2.99. The van der Waals surface area contributed by atoms with Gasteiger partial charge in [-0.2, -0.15) is 0 Å². The first-order chi connectivity index (χ1) is 22.0. The van der Waals surface area contributed by atoms with Crippen LogP contribution in [0.3, 0.4) is 0 Å². The maximum Gasteiger partial charge on any atom is 0.325 e. The van der Waals surface area contributed by atoms with E-state index in [1.807, 2.05) is 0 Å². The quantitative estimate of drug-likeness (QED) is 0.0827. The summed E-state index contributed by atoms with van der Waals surface area (Å²) >= 11 is 0. The predicted octanol–water partition coefficient (Wildman–Crippen LogP) is -3.39. The van der Waals surface area contributed by atoms with E-state index in [0.717, 1.165) is 12.5 Å². The molecule has 1 fully saturated rings. The van der Waals surface area contributed by atoms with E-state index in [2.05, 4.69) is 26.6 Å². The molecule has 1 heterocycles. The Kier molecular flexibility index (Phi) is 15.2. The molecule has 1 aromatic rings. The zero-order valence-corrected chi connectivity index (χ0v) is 26.7. The molecule has 0 bridgehead atoms. The van der Waals surface area contributed by atoms with Gasteiger partial charge in [0.15, 0.2) is 6.23 Å². The fraction of sp³-hybridized carbons (Fsp3) is 0.600. The van der Waals surface area contributed by atoms with Crippen LogP contribution in [0.15, 0.2) is 30.3 Å². The molecule has 2 rings (SSSR count). The Bertz CT molecular complexity index is 1250. The van der Waals surface area contributed by atoms with Crippen LogP contribution in [0, 0.1) is 5.92 Å². The molecular weight excluding hydrogens is 620 g/mol. The van der Waals surface area contributed by atoms with E-state index < -0.39 is 103 Å². The van der Waals surface area contributed by atoms with Crippen molar-refractivity contribution in [2.75, 3.05) is 6.61 Å². The molecule has 1 aliphatic rings. The van der Waals surface area contributed by atoms with Crippen molar-refractivity contribution in [2.24, 2.45) is 11.7 Å². The fourth-order valence-corrected chi connectivity index (χ4v) is 4.84. The minimum absolute atomic E-state index is 0.0847. The summed E-state index contributed by atoms with van der Waals surface area (Å²) < 4.78 is 5.51. The normalized spacial score (nSPS) is 23.4. The number of aliphatic hydroxyl groups is 3. The number of aliphatic carboxylic acids is 1. The molecule has 0 aliphatic carbocycles. The van der Waals surface area contributed by atoms with Crippen molar-refractivity contribution < 1.29 is 53.9 Å². The van der Waals surface area contributed by atoms with Gasteiger partial charge in [-0.3, -0.25) is 28.8 Å². The number of rotatable bonds is 16. The Morgan fingerprint density at radius 1 is 0.872 bits per heavy atom. The smallest absolute Gasteiger partial charge is 0.325 e. The van der Waals surface area contributed by atoms with Gasteiger partial charge in [-0.05, 0) is 31.2 Å². The topological polar surface area (TPSA) is 279 Å². The van der Waals surface area contributed by atoms with E-state index in [1.54, 1.807) is 44.2 Å². The number of aliphatic hydroxyl groups excluding tert-OH is 3. The molecule has 47 heavy (non-hydrogen) atoms. The van der Waals surface area contributed by atoms with Crippen LogP contribution >= 0.6 is 0 Å². The van der Waals surface area contributed by atoms with Gasteiger partial charge in [0, 0.05) is 6.92 Å². The van der Waals surface area contributed by atoms with Gasteiger partial charge in [0.1, 0.15) is 42.5 Å². The van der Waals surface area contributed by atoms with E-state index in [1.165, 1.54) is 6.92 Å². The van der Waals surface area contributed by atoms with Crippen molar-refractivity contribution in [2.45, 2.75) is 102 Å². The number of hydrogen-bond donors (Lipinski definition) is 10. The van der Waals surface area contributed by atoms with E-state index in [-0.39, 0.29) is 18.8 Å². The van der Waals surface area contributed by atoms with E-state index in [0.29, 0.717) is 0 Å². The molecule has 11 N–H and O–H groups in total. The number of benzene rings is 1. The van der Waals surface area contributed by atoms with Crippen LogP contribution in [0.2, 0.25) is 0 Å². The number of nitrogens with one attached hydrogen (secondary N) is 5. The van der Waals surface area contributed by atoms with Crippen molar-refractivity contribution in [1.82, 2.24) is 26.6 Å². The van der Waals surface area contributed by atoms with Crippen LogP contribution in [0.25, 0.3) is 0 Å². The van der Waals surface area contributed by atoms with Gasteiger partial charge in [0.05, 0.1) is 19.1 Å². The number of carbonyl (C=O) groups excluding carboxylic acids is 5. The highest BCUT2D eigenvalue weighted by Gasteiger charge is 2.45. The van der Waals surface area contributed by atoms with Crippen molar-refractivity contribution in [3.8, 4) is 0 Å². The molecule has 5 amide bonds. The molecule has 9 atom stereocenters. The minimum atomic E-state index is -1.66. The second-order valence-corrected chi connectivity index (χ2v) is 11.9. The summed E-state index contributed by atoms with van der Waals surface area (Å²) in [6, 6.07) is 2.17. The highest BCUT2D eigenvalue weighted by atomic mass is 16.5. The summed E-state index contributed by atoms with van der Waals surface area (Å²) in [4.78, 5) is 76.0. The SMILES string of the molecule is CC(=O)N[C@@H]1[C@@H](O)[C@H](O)[C@@H](CO)O[C@H]1NC(=O)C[C@H](NC(=O)[C@@H](N)Cc1ccccc1)C(=O)N[C@@H](CC(C)C)C(=O)N[C@@H](C)C(=O)O. The third-order valence-electron chi connectivity index (χ3n) is 7.33. The fourth-order valence-electron chi connectivity index (χ4n) is 4.84. The predicted molar refractivity (Wildman–Crippen MR) is 165 cm³/mol. The summed E-state index contributed by atoms with van der Waals surface area (Å²) in [7, 11) is 0. The number of carboxylic acids is 1. The van der Waals surface area contributed by atoms with Gasteiger partial charge in [0.25, 0.3) is 0 Å². The molecule has 1 aromatic carbocycles. The summed E-state index contributed by atoms with van der Waals surface area (Å²) in [5.41, 5.74) is 6.83. The first-order valence-electron chi connectivity index (χ1n) is 15.2. The molecule has 0 radical (unpaired) electrons. The first kappa shape index (κ1) is 39.0. The van der Waals surface area contributed by atoms with Gasteiger partial charge >= 0.3 is 5.97 Å². The third-order valence-corrected chi connectivity index (χ3v) is 7.33. The average molecular weight is 667 g/mol. The van der Waals surface area contributed by atoms with Gasteiger partial charge < -0.3 is 57.5 Å². The van der Waals surface area contributed by atoms with Crippen molar-refractivity contribution in [3.05, 3.63) is 35.9 Å². The Labute approximate surface area is 272 Å². The van der Waals surface area contributed by atoms with Crippen molar-refractivity contribution in [1.29, 1.82) is 0 Å². The highest BCUT2D eigenvalue weighted by Crippen LogP contribution is 2.20. The van der Waals surface area contributed by atoms with Gasteiger partial charge in [-0.15, -0.1) is 0 Å². The maximum atomic E-state index is 13.6. The van der Waals surface area contributed by atoms with Gasteiger partial charge in [-0.1, -0.05) is 44.2 Å². The summed E-state index contributed by atoms with van der Waals surface area (Å²) in [5, 5.41) is 51.6. The zero-order valence-electron chi connectivity index (χ0n) is 26.7. The Hall–Kier alpha value is -4.16. The van der Waals surface area contributed by atoms with Crippen LogP contribution in [-0.2, 0) is 39.9 Å². The van der Waals surface area contributed by atoms with Crippen LogP contribution in [0.5, 0.6) is 0 Å². The van der Waals surface area contributed by atoms with Crippen molar-refractivity contribution >= 4 is 35.5 Å². The summed E-state index contributed by atoms with van der Waals surface area (Å²) in [6.45, 7) is 5.17. The minimum Gasteiger partial charge on any atom is -0.480 e. The lowest BCUT2D eigenvalue weighted by atomic mass is 9.95. The molecule has 1 aliphatic heterocycles. The van der Waals surface area contributed by atoms with Crippen LogP contribution in [0.1, 0.15) is 46.1 Å². The molecule has 1 saturated heterocycles. The molecule has 17 heteroatoms. The van der Waals surface area contributed by atoms with Crippen LogP contribution < -0.4 is 32.3 Å². The largest absolute Gasteiger partial charge is 0.480 e. The van der Waals surface area contributed by atoms with E-state index in [9.17, 15) is 49.2 Å². The number of nitrogens with two attached hydrogens (primary N) is 1. The number of ether oxygens (including phenoxy) is 1. The molecule has 0 aromatic heterocycles. The van der Waals surface area contributed by atoms with Crippen LogP contribution in [0.4, 0.5) is 0 Å². The zero-order chi connectivity index (χ0) is 35.4. The Balaban J connectivity index is 2.31. The lowest BCUT2D eigenvalue weighted by Crippen LogP contribution is -2.68. The Morgan fingerprint density at radius 3 is 2.02 bits per heavy atom. The third kappa shape index (κ3) is 12.2. The molecule has 262 valence electrons. The summed E-state index contributed by atoms with van der Waals surface area (Å²) in [6.07, 6.45) is -6.64. The Morgan fingerprint density at radius 2 is 1.47 bits per heavy atom. The molecule has 17 nitrogen and oxygen atoms in total. The second kappa shape index (κ2) is 18.2. The van der Waals surface area contributed by atoms with Gasteiger partial charge in [0.2, 0.25) is 29.5 Å². The van der Waals surface area contributed by atoms with E-state index >= 15 is 0 Å². The monoisotopic (exact) mass is 666 g/mol. The van der Waals surface area contributed by atoms with E-state index in [4.69, 9.17) is 10.5 Å². The van der Waals surface area contributed by atoms with Gasteiger partial charge in [-0.25, -0.2) is 0 Å². The first-order valence-corrected chi connectivity index (χ1v) is 15.2. The standard InChI is InChI=1S/C30H46N6O11/c1-14(2)10-19(27(43)32-15(3)30(45)46)35-28(44)20(34-26(42)18(31)11-17-8-6-5-7-9-17)12-22(39)36-29-23(33-16(4)38)25(41)24(40)21(13-37)47-29/h5-9,14-15,18-21,23-25,29,37,40-41H,10-13,31H2,1-4H3,(H,32,43)(H,33,38)(H,34,42)(H,35,44)(H,36,39)(H,45,46)/t15-,18-,19-,20-,21+,23+,24+,25+,29+/m0/s1. The number of carbonyl (C=O) groups is 6. The number of hydrogen-bond acceptors (Lipinski definition) is 11. The molecule has 0 spiro atoms. The highest BCUT2D eigenvalue weighted by molar-refractivity contribution is 5.96. The lowest BCUT2D eigenvalue weighted by Gasteiger charge is -2.42. The van der Waals surface area contributed by atoms with Crippen molar-refractivity contribution in [3.63, 3.8) is 0 Å².